The number of Topliss-reactive ketones (excluding diaryl/α,β-unsaturated/α-hetero) is 1. The summed E-state index contributed by atoms with van der Waals surface area (Å²) in [6.45, 7) is 3.07. The third kappa shape index (κ3) is 3.04. The Bertz CT molecular complexity index is 498. The molecule has 1 saturated heterocycles. The minimum Gasteiger partial charge on any atom is -0.493 e. The largest absolute Gasteiger partial charge is 0.493 e. The summed E-state index contributed by atoms with van der Waals surface area (Å²) in [6.07, 6.45) is 5.19. The van der Waals surface area contributed by atoms with Gasteiger partial charge in [-0.05, 0) is 57.0 Å². The van der Waals surface area contributed by atoms with E-state index in [1.54, 1.807) is 0 Å². The van der Waals surface area contributed by atoms with E-state index in [1.807, 2.05) is 12.1 Å². The van der Waals surface area contributed by atoms with E-state index in [4.69, 9.17) is 4.74 Å². The first-order chi connectivity index (χ1) is 9.72. The summed E-state index contributed by atoms with van der Waals surface area (Å²) in [7, 11) is 2.17. The number of hydrogen-bond donors (Lipinski definition) is 0. The lowest BCUT2D eigenvalue weighted by molar-refractivity contribution is 0.0971. The zero-order valence-corrected chi connectivity index (χ0v) is 12.2. The topological polar surface area (TPSA) is 29.5 Å². The van der Waals surface area contributed by atoms with Gasteiger partial charge in [0.15, 0.2) is 5.78 Å². The Labute approximate surface area is 120 Å². The number of ether oxygens (including phenoxy) is 1. The van der Waals surface area contributed by atoms with E-state index in [-0.39, 0.29) is 5.78 Å². The molecule has 108 valence electrons. The molecule has 1 aliphatic carbocycles. The SMILES string of the molecule is CN1CCCC(COc2ccc3c(c2)C(=O)CCC3)C1. The van der Waals surface area contributed by atoms with Crippen molar-refractivity contribution in [1.82, 2.24) is 4.90 Å². The van der Waals surface area contributed by atoms with Gasteiger partial charge in [0.05, 0.1) is 6.61 Å². The molecule has 3 nitrogen and oxygen atoms in total. The van der Waals surface area contributed by atoms with Crippen molar-refractivity contribution in [2.24, 2.45) is 5.92 Å². The van der Waals surface area contributed by atoms with Gasteiger partial charge in [0.1, 0.15) is 5.75 Å². The molecule has 1 unspecified atom stereocenters. The summed E-state index contributed by atoms with van der Waals surface area (Å²) in [6, 6.07) is 6.03. The molecule has 0 radical (unpaired) electrons. The Balaban J connectivity index is 1.63. The Hall–Kier alpha value is -1.35. The second-order valence-electron chi connectivity index (χ2n) is 6.18. The molecule has 1 aliphatic heterocycles. The highest BCUT2D eigenvalue weighted by molar-refractivity contribution is 5.98. The first kappa shape index (κ1) is 13.6. The number of carbonyl (C=O) groups is 1. The number of aryl methyl sites for hydroxylation is 1. The number of piperidine rings is 1. The molecule has 2 aliphatic rings. The first-order valence-corrected chi connectivity index (χ1v) is 7.70. The van der Waals surface area contributed by atoms with Crippen molar-refractivity contribution >= 4 is 5.78 Å². The van der Waals surface area contributed by atoms with E-state index >= 15 is 0 Å². The third-order valence-corrected chi connectivity index (χ3v) is 4.44. The number of nitrogens with zero attached hydrogens (tertiary/aromatic N) is 1. The predicted octanol–water partition coefficient (Wildman–Crippen LogP) is 2.93. The second kappa shape index (κ2) is 5.96. The van der Waals surface area contributed by atoms with Crippen molar-refractivity contribution < 1.29 is 9.53 Å². The zero-order valence-electron chi connectivity index (χ0n) is 12.2. The van der Waals surface area contributed by atoms with Gasteiger partial charge in [-0.25, -0.2) is 0 Å². The van der Waals surface area contributed by atoms with Crippen molar-refractivity contribution in [3.05, 3.63) is 29.3 Å². The molecule has 0 spiro atoms. The summed E-state index contributed by atoms with van der Waals surface area (Å²) in [5, 5.41) is 0. The van der Waals surface area contributed by atoms with Crippen molar-refractivity contribution in [3.8, 4) is 5.75 Å². The molecule has 0 amide bonds. The van der Waals surface area contributed by atoms with Crippen LogP contribution in [0.25, 0.3) is 0 Å². The number of carbonyl (C=O) groups excluding carboxylic acids is 1. The van der Waals surface area contributed by atoms with E-state index in [1.165, 1.54) is 24.9 Å². The van der Waals surface area contributed by atoms with Crippen LogP contribution in [-0.2, 0) is 6.42 Å². The lowest BCUT2D eigenvalue weighted by atomic mass is 9.90. The van der Waals surface area contributed by atoms with Crippen molar-refractivity contribution in [3.63, 3.8) is 0 Å². The molecule has 1 atom stereocenters. The summed E-state index contributed by atoms with van der Waals surface area (Å²) in [4.78, 5) is 14.3. The minimum atomic E-state index is 0.272. The predicted molar refractivity (Wildman–Crippen MR) is 79.4 cm³/mol. The van der Waals surface area contributed by atoms with Gasteiger partial charge in [-0.2, -0.15) is 0 Å². The van der Waals surface area contributed by atoms with E-state index in [0.717, 1.165) is 37.3 Å². The van der Waals surface area contributed by atoms with Gasteiger partial charge < -0.3 is 9.64 Å². The lowest BCUT2D eigenvalue weighted by Gasteiger charge is -2.29. The molecule has 0 saturated carbocycles. The van der Waals surface area contributed by atoms with Gasteiger partial charge in [-0.3, -0.25) is 4.79 Å². The average molecular weight is 273 g/mol. The summed E-state index contributed by atoms with van der Waals surface area (Å²) in [5.41, 5.74) is 2.07. The Morgan fingerprint density at radius 2 is 2.20 bits per heavy atom. The van der Waals surface area contributed by atoms with Gasteiger partial charge in [-0.15, -0.1) is 0 Å². The van der Waals surface area contributed by atoms with Gasteiger partial charge in [0, 0.05) is 24.4 Å². The fourth-order valence-corrected chi connectivity index (χ4v) is 3.32. The fourth-order valence-electron chi connectivity index (χ4n) is 3.32. The van der Waals surface area contributed by atoms with Crippen LogP contribution in [0, 0.1) is 5.92 Å². The number of likely N-dealkylation sites (tertiary alicyclic amines) is 1. The van der Waals surface area contributed by atoms with Crippen molar-refractivity contribution in [2.75, 3.05) is 26.7 Å². The summed E-state index contributed by atoms with van der Waals surface area (Å²) in [5.74, 6) is 1.74. The standard InChI is InChI=1S/C17H23NO2/c1-18-9-3-4-13(11-18)12-20-15-8-7-14-5-2-6-17(19)16(14)10-15/h7-8,10,13H,2-6,9,11-12H2,1H3. The highest BCUT2D eigenvalue weighted by Gasteiger charge is 2.20. The molecule has 3 rings (SSSR count). The van der Waals surface area contributed by atoms with Gasteiger partial charge >= 0.3 is 0 Å². The number of benzene rings is 1. The molecule has 1 fully saturated rings. The minimum absolute atomic E-state index is 0.272. The van der Waals surface area contributed by atoms with E-state index < -0.39 is 0 Å². The van der Waals surface area contributed by atoms with Crippen molar-refractivity contribution in [1.29, 1.82) is 0 Å². The van der Waals surface area contributed by atoms with E-state index in [2.05, 4.69) is 18.0 Å². The van der Waals surface area contributed by atoms with Gasteiger partial charge in [0.2, 0.25) is 0 Å². The van der Waals surface area contributed by atoms with E-state index in [9.17, 15) is 4.79 Å². The van der Waals surface area contributed by atoms with Crippen LogP contribution in [0.2, 0.25) is 0 Å². The normalized spacial score (nSPS) is 23.4. The van der Waals surface area contributed by atoms with Crippen LogP contribution in [0.3, 0.4) is 0 Å². The number of ketones is 1. The number of fused-ring (bicyclic) bond motifs is 1. The molecule has 1 heterocycles. The average Bonchev–Trinajstić information content (AvgIpc) is 2.46. The molecule has 20 heavy (non-hydrogen) atoms. The maximum Gasteiger partial charge on any atom is 0.163 e. The Morgan fingerprint density at radius 3 is 3.05 bits per heavy atom. The molecule has 0 aromatic heterocycles. The van der Waals surface area contributed by atoms with Crippen LogP contribution >= 0.6 is 0 Å². The lowest BCUT2D eigenvalue weighted by Crippen LogP contribution is -2.34. The molecule has 0 N–H and O–H groups in total. The quantitative estimate of drug-likeness (QED) is 0.848. The fraction of sp³-hybridized carbons (Fsp3) is 0.588. The Kier molecular flexibility index (Phi) is 4.06. The van der Waals surface area contributed by atoms with Crippen LogP contribution in [0.1, 0.15) is 41.6 Å². The van der Waals surface area contributed by atoms with Crippen LogP contribution in [0.4, 0.5) is 0 Å². The highest BCUT2D eigenvalue weighted by atomic mass is 16.5. The van der Waals surface area contributed by atoms with Gasteiger partial charge in [-0.1, -0.05) is 6.07 Å². The molecule has 0 bridgehead atoms. The molecular formula is C17H23NO2. The van der Waals surface area contributed by atoms with Crippen molar-refractivity contribution in [2.45, 2.75) is 32.1 Å². The highest BCUT2D eigenvalue weighted by Crippen LogP contribution is 2.26. The van der Waals surface area contributed by atoms with E-state index in [0.29, 0.717) is 12.3 Å². The summed E-state index contributed by atoms with van der Waals surface area (Å²) < 4.78 is 5.93. The number of hydrogen-bond acceptors (Lipinski definition) is 3. The smallest absolute Gasteiger partial charge is 0.163 e. The molecule has 1 aromatic rings. The maximum atomic E-state index is 11.9. The van der Waals surface area contributed by atoms with Crippen LogP contribution in [-0.4, -0.2) is 37.4 Å². The third-order valence-electron chi connectivity index (χ3n) is 4.44. The monoisotopic (exact) mass is 273 g/mol. The van der Waals surface area contributed by atoms with Crippen LogP contribution in [0.5, 0.6) is 5.75 Å². The van der Waals surface area contributed by atoms with Crippen LogP contribution in [0.15, 0.2) is 18.2 Å². The second-order valence-corrected chi connectivity index (χ2v) is 6.18. The maximum absolute atomic E-state index is 11.9. The number of rotatable bonds is 3. The molecule has 3 heteroatoms. The van der Waals surface area contributed by atoms with Crippen LogP contribution < -0.4 is 4.74 Å². The Morgan fingerprint density at radius 1 is 1.30 bits per heavy atom. The van der Waals surface area contributed by atoms with Gasteiger partial charge in [0.25, 0.3) is 0 Å². The molecular weight excluding hydrogens is 250 g/mol. The first-order valence-electron chi connectivity index (χ1n) is 7.70. The molecule has 1 aromatic carbocycles. The zero-order chi connectivity index (χ0) is 13.9. The summed E-state index contributed by atoms with van der Waals surface area (Å²) >= 11 is 0.